The monoisotopic (exact) mass is 259 g/mol. The van der Waals surface area contributed by atoms with Crippen molar-refractivity contribution >= 4 is 9.84 Å². The van der Waals surface area contributed by atoms with E-state index in [9.17, 15) is 8.42 Å². The highest BCUT2D eigenvalue weighted by Crippen LogP contribution is 2.16. The molecule has 2 N–H and O–H groups in total. The molecule has 0 aliphatic carbocycles. The fourth-order valence-corrected chi connectivity index (χ4v) is 2.45. The van der Waals surface area contributed by atoms with Gasteiger partial charge in [0.2, 0.25) is 0 Å². The van der Waals surface area contributed by atoms with E-state index in [2.05, 4.69) is 5.10 Å². The van der Waals surface area contributed by atoms with Gasteiger partial charge < -0.3 is 5.73 Å². The molecule has 0 amide bonds. The Kier molecular flexibility index (Phi) is 3.99. The number of hydrogen-bond acceptors (Lipinski definition) is 4. The topological polar surface area (TPSA) is 78.0 Å². The second-order valence-corrected chi connectivity index (χ2v) is 7.98. The van der Waals surface area contributed by atoms with Gasteiger partial charge in [0, 0.05) is 17.8 Å². The molecule has 17 heavy (non-hydrogen) atoms. The maximum Gasteiger partial charge on any atom is 0.157 e. The third kappa shape index (κ3) is 3.07. The molecule has 1 aromatic rings. The van der Waals surface area contributed by atoms with Crippen LogP contribution >= 0.6 is 0 Å². The average molecular weight is 259 g/mol. The van der Waals surface area contributed by atoms with E-state index in [1.54, 1.807) is 31.6 Å². The van der Waals surface area contributed by atoms with Gasteiger partial charge in [-0.2, -0.15) is 5.10 Å². The molecular weight excluding hydrogens is 238 g/mol. The maximum atomic E-state index is 11.9. The van der Waals surface area contributed by atoms with Crippen LogP contribution in [0.1, 0.15) is 32.0 Å². The summed E-state index contributed by atoms with van der Waals surface area (Å²) in [6.07, 6.45) is 1.69. The van der Waals surface area contributed by atoms with Crippen molar-refractivity contribution in [3.8, 4) is 0 Å². The summed E-state index contributed by atoms with van der Waals surface area (Å²) in [6.45, 7) is 7.85. The lowest BCUT2D eigenvalue weighted by Crippen LogP contribution is -2.32. The Hall–Kier alpha value is -0.880. The van der Waals surface area contributed by atoms with Crippen LogP contribution in [0.4, 0.5) is 0 Å². The lowest BCUT2D eigenvalue weighted by atomic mass is 10.3. The summed E-state index contributed by atoms with van der Waals surface area (Å²) in [6, 6.07) is 0. The number of rotatable bonds is 4. The Morgan fingerprint density at radius 2 is 2.00 bits per heavy atom. The number of sulfone groups is 1. The zero-order chi connectivity index (χ0) is 13.3. The Morgan fingerprint density at radius 3 is 2.41 bits per heavy atom. The van der Waals surface area contributed by atoms with Crippen molar-refractivity contribution in [2.45, 2.75) is 45.5 Å². The molecule has 98 valence electrons. The standard InChI is InChI=1S/C11H21N3O2S/c1-9-10(7-12)8-13-14(9)5-6-17(15,16)11(2,3)4/h8H,5-7,12H2,1-4H3. The normalized spacial score (nSPS) is 13.0. The summed E-state index contributed by atoms with van der Waals surface area (Å²) in [5, 5.41) is 4.14. The minimum atomic E-state index is -3.10. The number of nitrogens with zero attached hydrogens (tertiary/aromatic N) is 2. The van der Waals surface area contributed by atoms with Crippen LogP contribution < -0.4 is 5.73 Å². The Bertz CT molecular complexity index is 483. The fourth-order valence-electron chi connectivity index (χ4n) is 1.42. The van der Waals surface area contributed by atoms with E-state index in [0.29, 0.717) is 13.1 Å². The van der Waals surface area contributed by atoms with Crippen LogP contribution in [-0.2, 0) is 22.9 Å². The molecule has 0 aliphatic rings. The minimum Gasteiger partial charge on any atom is -0.326 e. The molecular formula is C11H21N3O2S. The molecule has 0 radical (unpaired) electrons. The van der Waals surface area contributed by atoms with Crippen LogP contribution in [0.5, 0.6) is 0 Å². The van der Waals surface area contributed by atoms with Gasteiger partial charge in [-0.25, -0.2) is 8.42 Å². The van der Waals surface area contributed by atoms with E-state index in [4.69, 9.17) is 5.73 Å². The maximum absolute atomic E-state index is 11.9. The molecule has 1 heterocycles. The third-order valence-corrected chi connectivity index (χ3v) is 5.52. The number of nitrogens with two attached hydrogens (primary N) is 1. The summed E-state index contributed by atoms with van der Waals surface area (Å²) >= 11 is 0. The summed E-state index contributed by atoms with van der Waals surface area (Å²) in [5.41, 5.74) is 7.44. The second kappa shape index (κ2) is 4.78. The van der Waals surface area contributed by atoms with Crippen molar-refractivity contribution in [3.63, 3.8) is 0 Å². The summed E-state index contributed by atoms with van der Waals surface area (Å²) in [5.74, 6) is 0.100. The van der Waals surface area contributed by atoms with Crippen molar-refractivity contribution in [3.05, 3.63) is 17.5 Å². The average Bonchev–Trinajstić information content (AvgIpc) is 2.55. The molecule has 0 aliphatic heterocycles. The first-order valence-corrected chi connectivity index (χ1v) is 7.28. The summed E-state index contributed by atoms with van der Waals surface area (Å²) in [7, 11) is -3.10. The summed E-state index contributed by atoms with van der Waals surface area (Å²) in [4.78, 5) is 0. The van der Waals surface area contributed by atoms with E-state index in [-0.39, 0.29) is 5.75 Å². The zero-order valence-corrected chi connectivity index (χ0v) is 11.7. The highest BCUT2D eigenvalue weighted by molar-refractivity contribution is 7.92. The highest BCUT2D eigenvalue weighted by Gasteiger charge is 2.28. The SMILES string of the molecule is Cc1c(CN)cnn1CCS(=O)(=O)C(C)(C)C. The molecule has 0 saturated heterocycles. The Labute approximate surface area is 103 Å². The van der Waals surface area contributed by atoms with Gasteiger partial charge in [0.25, 0.3) is 0 Å². The van der Waals surface area contributed by atoms with Crippen molar-refractivity contribution in [1.82, 2.24) is 9.78 Å². The van der Waals surface area contributed by atoms with E-state index < -0.39 is 14.6 Å². The molecule has 0 atom stereocenters. The predicted molar refractivity (Wildman–Crippen MR) is 68.4 cm³/mol. The minimum absolute atomic E-state index is 0.100. The van der Waals surface area contributed by atoms with Gasteiger partial charge in [-0.3, -0.25) is 4.68 Å². The number of aromatic nitrogens is 2. The lowest BCUT2D eigenvalue weighted by molar-refractivity contribution is 0.546. The van der Waals surface area contributed by atoms with Gasteiger partial charge in [-0.15, -0.1) is 0 Å². The van der Waals surface area contributed by atoms with Crippen LogP contribution in [0.15, 0.2) is 6.20 Å². The lowest BCUT2D eigenvalue weighted by Gasteiger charge is -2.19. The molecule has 1 aromatic heterocycles. The molecule has 5 nitrogen and oxygen atoms in total. The fraction of sp³-hybridized carbons (Fsp3) is 0.727. The third-order valence-electron chi connectivity index (χ3n) is 2.93. The molecule has 0 aromatic carbocycles. The summed E-state index contributed by atoms with van der Waals surface area (Å²) < 4.78 is 24.9. The quantitative estimate of drug-likeness (QED) is 0.870. The molecule has 0 bridgehead atoms. The van der Waals surface area contributed by atoms with Crippen molar-refractivity contribution in [2.24, 2.45) is 5.73 Å². The van der Waals surface area contributed by atoms with Crippen molar-refractivity contribution < 1.29 is 8.42 Å². The van der Waals surface area contributed by atoms with Crippen LogP contribution in [0, 0.1) is 6.92 Å². The van der Waals surface area contributed by atoms with Crippen molar-refractivity contribution in [1.29, 1.82) is 0 Å². The smallest absolute Gasteiger partial charge is 0.157 e. The van der Waals surface area contributed by atoms with Crippen LogP contribution in [0.2, 0.25) is 0 Å². The van der Waals surface area contributed by atoms with E-state index in [1.165, 1.54) is 0 Å². The zero-order valence-electron chi connectivity index (χ0n) is 10.9. The van der Waals surface area contributed by atoms with E-state index >= 15 is 0 Å². The molecule has 0 unspecified atom stereocenters. The van der Waals surface area contributed by atoms with Crippen molar-refractivity contribution in [2.75, 3.05) is 5.75 Å². The van der Waals surface area contributed by atoms with Crippen LogP contribution in [0.3, 0.4) is 0 Å². The van der Waals surface area contributed by atoms with Gasteiger partial charge >= 0.3 is 0 Å². The van der Waals surface area contributed by atoms with Gasteiger partial charge in [0.05, 0.1) is 23.2 Å². The Balaban J connectivity index is 2.78. The Morgan fingerprint density at radius 1 is 1.41 bits per heavy atom. The molecule has 6 heteroatoms. The van der Waals surface area contributed by atoms with E-state index in [1.807, 2.05) is 6.92 Å². The predicted octanol–water partition coefficient (Wildman–Crippen LogP) is 0.864. The molecule has 0 fully saturated rings. The van der Waals surface area contributed by atoms with Gasteiger partial charge in [0.15, 0.2) is 9.84 Å². The molecule has 1 rings (SSSR count). The number of hydrogen-bond donors (Lipinski definition) is 1. The van der Waals surface area contributed by atoms with E-state index in [0.717, 1.165) is 11.3 Å². The highest BCUT2D eigenvalue weighted by atomic mass is 32.2. The second-order valence-electron chi connectivity index (χ2n) is 5.11. The molecule has 0 saturated carbocycles. The van der Waals surface area contributed by atoms with Crippen LogP contribution in [-0.4, -0.2) is 28.7 Å². The van der Waals surface area contributed by atoms with Gasteiger partial charge in [-0.05, 0) is 27.7 Å². The molecule has 0 spiro atoms. The first-order chi connectivity index (χ1) is 7.69. The van der Waals surface area contributed by atoms with Gasteiger partial charge in [0.1, 0.15) is 0 Å². The first kappa shape index (κ1) is 14.2. The van der Waals surface area contributed by atoms with Gasteiger partial charge in [-0.1, -0.05) is 0 Å². The number of aryl methyl sites for hydroxylation is 1. The first-order valence-electron chi connectivity index (χ1n) is 5.62. The van der Waals surface area contributed by atoms with Crippen LogP contribution in [0.25, 0.3) is 0 Å². The largest absolute Gasteiger partial charge is 0.326 e.